The predicted molar refractivity (Wildman–Crippen MR) is 197 cm³/mol. The number of amides is 2. The molecule has 4 N–H and O–H groups in total. The Balaban J connectivity index is 1.25. The number of anilines is 2. The highest BCUT2D eigenvalue weighted by molar-refractivity contribution is 9.10. The number of hydrogen-bond acceptors (Lipinski definition) is 6. The van der Waals surface area contributed by atoms with Gasteiger partial charge in [0.05, 0.1) is 27.6 Å². The summed E-state index contributed by atoms with van der Waals surface area (Å²) in [5, 5.41) is 24.0. The number of carboxylic acid groups (broad SMARTS) is 2. The van der Waals surface area contributed by atoms with Crippen molar-refractivity contribution in [1.82, 2.24) is 4.31 Å². The summed E-state index contributed by atoms with van der Waals surface area (Å²) >= 11 is 3.39. The number of rotatable bonds is 13. The molecule has 0 unspecified atom stereocenters. The molecule has 0 spiro atoms. The van der Waals surface area contributed by atoms with Crippen LogP contribution >= 0.6 is 15.9 Å². The number of carbonyl (C=O) groups is 4. The second-order valence-corrected chi connectivity index (χ2v) is 15.2. The van der Waals surface area contributed by atoms with Crippen LogP contribution < -0.4 is 10.6 Å². The van der Waals surface area contributed by atoms with E-state index in [0.29, 0.717) is 42.3 Å². The second kappa shape index (κ2) is 16.4. The van der Waals surface area contributed by atoms with Gasteiger partial charge in [0.2, 0.25) is 10.0 Å². The Bertz CT molecular complexity index is 2030. The molecule has 4 aromatic carbocycles. The first kappa shape index (κ1) is 37.4. The number of aryl methyl sites for hydroxylation is 2. The summed E-state index contributed by atoms with van der Waals surface area (Å²) in [6.07, 6.45) is 3.11. The minimum Gasteiger partial charge on any atom is -0.481 e. The monoisotopic (exact) mass is 775 g/mol. The van der Waals surface area contributed by atoms with Gasteiger partial charge in [0.25, 0.3) is 11.8 Å². The van der Waals surface area contributed by atoms with E-state index < -0.39 is 39.7 Å². The van der Waals surface area contributed by atoms with E-state index in [9.17, 15) is 32.7 Å². The average Bonchev–Trinajstić information content (AvgIpc) is 3.12. The number of aromatic carboxylic acids is 1. The van der Waals surface area contributed by atoms with E-state index in [1.54, 1.807) is 61.5 Å². The van der Waals surface area contributed by atoms with Gasteiger partial charge in [-0.3, -0.25) is 14.4 Å². The zero-order chi connectivity index (χ0) is 36.7. The molecule has 266 valence electrons. The van der Waals surface area contributed by atoms with E-state index >= 15 is 0 Å². The van der Waals surface area contributed by atoms with Gasteiger partial charge in [-0.15, -0.1) is 0 Å². The summed E-state index contributed by atoms with van der Waals surface area (Å²) < 4.78 is 29.4. The molecule has 13 heteroatoms. The molecule has 1 aliphatic carbocycles. The minimum absolute atomic E-state index is 0.0503. The highest BCUT2D eigenvalue weighted by atomic mass is 79.9. The third kappa shape index (κ3) is 9.29. The summed E-state index contributed by atoms with van der Waals surface area (Å²) in [5.41, 5.74) is 3.32. The van der Waals surface area contributed by atoms with Crippen LogP contribution in [0.1, 0.15) is 74.8 Å². The van der Waals surface area contributed by atoms with E-state index in [0.717, 1.165) is 17.5 Å². The number of nitrogens with one attached hydrogen (secondary N) is 2. The Morgan fingerprint density at radius 1 is 0.765 bits per heavy atom. The van der Waals surface area contributed by atoms with Gasteiger partial charge in [0.15, 0.2) is 0 Å². The fraction of sp³-hybridized carbons (Fsp3) is 0.263. The number of benzene rings is 4. The number of carboxylic acids is 2. The van der Waals surface area contributed by atoms with Crippen molar-refractivity contribution < 1.29 is 37.8 Å². The van der Waals surface area contributed by atoms with Crippen LogP contribution in [-0.2, 0) is 27.7 Å². The molecule has 1 saturated carbocycles. The smallest absolute Gasteiger partial charge is 0.335 e. The Morgan fingerprint density at radius 2 is 1.39 bits per heavy atom. The molecule has 4 aromatic rings. The Kier molecular flexibility index (Phi) is 12.1. The first-order chi connectivity index (χ1) is 24.3. The topological polar surface area (TPSA) is 170 Å². The number of nitrogens with zero attached hydrogens (tertiary/aromatic N) is 1. The fourth-order valence-electron chi connectivity index (χ4n) is 6.23. The number of sulfonamides is 1. The quantitative estimate of drug-likeness (QED) is 0.112. The van der Waals surface area contributed by atoms with Gasteiger partial charge in [-0.1, -0.05) is 53.2 Å². The maximum absolute atomic E-state index is 13.7. The molecule has 0 heterocycles. The zero-order valence-electron chi connectivity index (χ0n) is 27.8. The van der Waals surface area contributed by atoms with E-state index in [1.165, 1.54) is 28.6 Å². The first-order valence-electron chi connectivity index (χ1n) is 16.5. The number of carbonyl (C=O) groups excluding carboxylic acids is 2. The highest BCUT2D eigenvalue weighted by Gasteiger charge is 2.35. The Labute approximate surface area is 304 Å². The van der Waals surface area contributed by atoms with E-state index in [1.807, 2.05) is 12.1 Å². The minimum atomic E-state index is -3.99. The van der Waals surface area contributed by atoms with Crippen LogP contribution in [0.2, 0.25) is 0 Å². The SMILES string of the molecule is CCN(C1CCC(C(=O)O)CC1)S(=O)(=O)c1cccc(C(=O)Nc2ccc(Br)cc2C(=O)Nc2ccc(CCc3ccc(C(=O)O)cc3)cc2)c1. The number of halogens is 1. The van der Waals surface area contributed by atoms with Gasteiger partial charge in [-0.25, -0.2) is 13.2 Å². The lowest BCUT2D eigenvalue weighted by atomic mass is 9.86. The van der Waals surface area contributed by atoms with Gasteiger partial charge in [-0.2, -0.15) is 4.31 Å². The lowest BCUT2D eigenvalue weighted by Crippen LogP contribution is -2.42. The molecule has 1 fully saturated rings. The molecular formula is C38H38BrN3O8S. The third-order valence-corrected chi connectivity index (χ3v) is 11.6. The molecule has 0 aromatic heterocycles. The molecule has 51 heavy (non-hydrogen) atoms. The van der Waals surface area contributed by atoms with E-state index in [2.05, 4.69) is 26.6 Å². The summed E-state index contributed by atoms with van der Waals surface area (Å²) in [7, 11) is -3.99. The molecule has 0 saturated heterocycles. The molecular weight excluding hydrogens is 738 g/mol. The van der Waals surface area contributed by atoms with Crippen molar-refractivity contribution in [3.63, 3.8) is 0 Å². The first-order valence-corrected chi connectivity index (χ1v) is 18.8. The van der Waals surface area contributed by atoms with Crippen LogP contribution in [0.4, 0.5) is 11.4 Å². The normalized spacial score (nSPS) is 16.0. The molecule has 2 amide bonds. The fourth-order valence-corrected chi connectivity index (χ4v) is 8.33. The molecule has 1 aliphatic rings. The molecule has 0 bridgehead atoms. The summed E-state index contributed by atoms with van der Waals surface area (Å²) in [6, 6.07) is 24.3. The molecule has 11 nitrogen and oxygen atoms in total. The molecule has 0 atom stereocenters. The molecule has 5 rings (SSSR count). The summed E-state index contributed by atoms with van der Waals surface area (Å²) in [5.74, 6) is -3.38. The van der Waals surface area contributed by atoms with Crippen molar-refractivity contribution in [3.8, 4) is 0 Å². The Hall–Kier alpha value is -4.85. The second-order valence-electron chi connectivity index (χ2n) is 12.4. The number of hydrogen-bond donors (Lipinski definition) is 4. The van der Waals surface area contributed by atoms with Crippen molar-refractivity contribution in [2.24, 2.45) is 5.92 Å². The van der Waals surface area contributed by atoms with Crippen molar-refractivity contribution in [2.45, 2.75) is 56.4 Å². The maximum atomic E-state index is 13.7. The molecule has 0 radical (unpaired) electrons. The van der Waals surface area contributed by atoms with Crippen molar-refractivity contribution in [1.29, 1.82) is 0 Å². The predicted octanol–water partition coefficient (Wildman–Crippen LogP) is 7.09. The van der Waals surface area contributed by atoms with Crippen molar-refractivity contribution >= 4 is 61.1 Å². The van der Waals surface area contributed by atoms with Crippen LogP contribution in [0.15, 0.2) is 100 Å². The van der Waals surface area contributed by atoms with Crippen LogP contribution in [0.5, 0.6) is 0 Å². The van der Waals surface area contributed by atoms with Gasteiger partial charge in [-0.05, 0) is 110 Å². The van der Waals surface area contributed by atoms with Crippen molar-refractivity contribution in [3.05, 3.63) is 123 Å². The van der Waals surface area contributed by atoms with Gasteiger partial charge in [0.1, 0.15) is 0 Å². The summed E-state index contributed by atoms with van der Waals surface area (Å²) in [6.45, 7) is 1.93. The van der Waals surface area contributed by atoms with E-state index in [4.69, 9.17) is 5.11 Å². The van der Waals surface area contributed by atoms with E-state index in [-0.39, 0.29) is 39.9 Å². The van der Waals surface area contributed by atoms with Crippen LogP contribution in [-0.4, -0.2) is 59.3 Å². The number of aliphatic carboxylic acids is 1. The Morgan fingerprint density at radius 3 is 1.98 bits per heavy atom. The van der Waals surface area contributed by atoms with Crippen LogP contribution in [0.3, 0.4) is 0 Å². The van der Waals surface area contributed by atoms with Crippen LogP contribution in [0, 0.1) is 5.92 Å². The largest absolute Gasteiger partial charge is 0.481 e. The lowest BCUT2D eigenvalue weighted by molar-refractivity contribution is -0.143. The summed E-state index contributed by atoms with van der Waals surface area (Å²) in [4.78, 5) is 49.3. The maximum Gasteiger partial charge on any atom is 0.335 e. The molecule has 0 aliphatic heterocycles. The van der Waals surface area contributed by atoms with Crippen molar-refractivity contribution in [2.75, 3.05) is 17.2 Å². The van der Waals surface area contributed by atoms with Crippen LogP contribution in [0.25, 0.3) is 0 Å². The lowest BCUT2D eigenvalue weighted by Gasteiger charge is -2.34. The van der Waals surface area contributed by atoms with Gasteiger partial charge < -0.3 is 20.8 Å². The van der Waals surface area contributed by atoms with Gasteiger partial charge >= 0.3 is 11.9 Å². The van der Waals surface area contributed by atoms with Gasteiger partial charge in [0, 0.05) is 28.3 Å². The zero-order valence-corrected chi connectivity index (χ0v) is 30.2. The average molecular weight is 777 g/mol. The third-order valence-electron chi connectivity index (χ3n) is 9.06. The highest BCUT2D eigenvalue weighted by Crippen LogP contribution is 2.31. The standard InChI is InChI=1S/C38H38BrN3O8S/c1-2-42(31-19-14-27(15-20-31)38(47)48)51(49,50)32-5-3-4-28(22-32)35(43)41-34-21-16-29(39)23-33(34)36(44)40-30-17-10-25(11-18-30)7-6-24-8-12-26(13-9-24)37(45)46/h3-5,8-13,16-18,21-23,27,31H,2,6-7,14-15,19-20H2,1H3,(H,40,44)(H,41,43)(H,45,46)(H,47,48).